The van der Waals surface area contributed by atoms with Gasteiger partial charge in [-0.25, -0.2) is 13.1 Å². The fourth-order valence-electron chi connectivity index (χ4n) is 1.24. The minimum Gasteiger partial charge on any atom is -0.399 e. The summed E-state index contributed by atoms with van der Waals surface area (Å²) in [4.78, 5) is 0.974. The summed E-state index contributed by atoms with van der Waals surface area (Å²) < 4.78 is 30.4. The van der Waals surface area contributed by atoms with Crippen molar-refractivity contribution in [1.82, 2.24) is 4.72 Å². The van der Waals surface area contributed by atoms with Crippen LogP contribution >= 0.6 is 11.8 Å². The van der Waals surface area contributed by atoms with Gasteiger partial charge in [0.1, 0.15) is 0 Å². The molecule has 3 N–H and O–H groups in total. The lowest BCUT2D eigenvalue weighted by molar-refractivity contribution is 0.204. The zero-order valence-electron chi connectivity index (χ0n) is 10.3. The van der Waals surface area contributed by atoms with Crippen LogP contribution in [0.15, 0.2) is 29.2 Å². The summed E-state index contributed by atoms with van der Waals surface area (Å²) in [6, 6.07) is 7.39. The van der Waals surface area contributed by atoms with Crippen molar-refractivity contribution in [3.8, 4) is 0 Å². The first-order valence-corrected chi connectivity index (χ1v) is 8.12. The zero-order valence-corrected chi connectivity index (χ0v) is 11.9. The standard InChI is InChI=1S/C11H18N2O3S2/c1-16-6-5-13-18(14,15)8-7-17-11-4-2-3-10(12)9-11/h2-4,9,13H,5-8,12H2,1H3. The van der Waals surface area contributed by atoms with Gasteiger partial charge in [-0.2, -0.15) is 0 Å². The largest absolute Gasteiger partial charge is 0.399 e. The fourth-order valence-corrected chi connectivity index (χ4v) is 3.62. The van der Waals surface area contributed by atoms with E-state index in [0.717, 1.165) is 4.90 Å². The third-order valence-electron chi connectivity index (χ3n) is 2.11. The van der Waals surface area contributed by atoms with Crippen molar-refractivity contribution in [1.29, 1.82) is 0 Å². The van der Waals surface area contributed by atoms with E-state index >= 15 is 0 Å². The smallest absolute Gasteiger partial charge is 0.212 e. The summed E-state index contributed by atoms with van der Waals surface area (Å²) in [5.74, 6) is 0.571. The number of thioether (sulfide) groups is 1. The zero-order chi connectivity index (χ0) is 13.4. The Morgan fingerprint density at radius 2 is 2.22 bits per heavy atom. The maximum absolute atomic E-state index is 11.6. The summed E-state index contributed by atoms with van der Waals surface area (Å²) in [6.07, 6.45) is 0. The number of anilines is 1. The summed E-state index contributed by atoms with van der Waals surface area (Å²) in [5, 5.41) is 0. The summed E-state index contributed by atoms with van der Waals surface area (Å²) in [6.45, 7) is 0.684. The Morgan fingerprint density at radius 1 is 1.44 bits per heavy atom. The summed E-state index contributed by atoms with van der Waals surface area (Å²) in [5.41, 5.74) is 6.32. The first kappa shape index (κ1) is 15.3. The molecule has 0 spiro atoms. The van der Waals surface area contributed by atoms with Crippen LogP contribution in [0.1, 0.15) is 0 Å². The molecule has 0 aliphatic rings. The highest BCUT2D eigenvalue weighted by Gasteiger charge is 2.09. The van der Waals surface area contributed by atoms with Crippen molar-refractivity contribution < 1.29 is 13.2 Å². The normalized spacial score (nSPS) is 11.6. The van der Waals surface area contributed by atoms with E-state index in [-0.39, 0.29) is 5.75 Å². The SMILES string of the molecule is COCCNS(=O)(=O)CCSc1cccc(N)c1. The number of methoxy groups -OCH3 is 1. The van der Waals surface area contributed by atoms with Gasteiger partial charge in [0.25, 0.3) is 0 Å². The maximum atomic E-state index is 11.6. The molecule has 7 heteroatoms. The molecule has 18 heavy (non-hydrogen) atoms. The van der Waals surface area contributed by atoms with E-state index in [1.807, 2.05) is 18.2 Å². The second-order valence-electron chi connectivity index (χ2n) is 3.63. The van der Waals surface area contributed by atoms with Gasteiger partial charge in [0.2, 0.25) is 10.0 Å². The third-order valence-corrected chi connectivity index (χ3v) is 4.75. The molecule has 1 rings (SSSR count). The quantitative estimate of drug-likeness (QED) is 0.423. The summed E-state index contributed by atoms with van der Waals surface area (Å²) in [7, 11) is -1.68. The Balaban J connectivity index is 2.32. The van der Waals surface area contributed by atoms with E-state index in [0.29, 0.717) is 24.6 Å². The van der Waals surface area contributed by atoms with Crippen molar-refractivity contribution in [2.24, 2.45) is 0 Å². The molecule has 0 aromatic heterocycles. The number of nitrogen functional groups attached to an aromatic ring is 1. The average Bonchev–Trinajstić information content (AvgIpc) is 2.29. The van der Waals surface area contributed by atoms with E-state index in [4.69, 9.17) is 10.5 Å². The lowest BCUT2D eigenvalue weighted by atomic mass is 10.3. The molecule has 5 nitrogen and oxygen atoms in total. The molecule has 0 saturated carbocycles. The van der Waals surface area contributed by atoms with E-state index in [2.05, 4.69) is 4.72 Å². The number of hydrogen-bond acceptors (Lipinski definition) is 5. The fraction of sp³-hybridized carbons (Fsp3) is 0.455. The maximum Gasteiger partial charge on any atom is 0.212 e. The lowest BCUT2D eigenvalue weighted by Crippen LogP contribution is -2.30. The minimum absolute atomic E-state index is 0.0795. The molecule has 0 saturated heterocycles. The molecule has 0 aliphatic heterocycles. The van der Waals surface area contributed by atoms with Crippen LogP contribution in [0.25, 0.3) is 0 Å². The number of rotatable bonds is 8. The second-order valence-corrected chi connectivity index (χ2v) is 6.72. The predicted octanol–water partition coefficient (Wildman–Crippen LogP) is 0.927. The van der Waals surface area contributed by atoms with Crippen LogP contribution in [0, 0.1) is 0 Å². The molecule has 0 radical (unpaired) electrons. The molecule has 1 aromatic carbocycles. The van der Waals surface area contributed by atoms with E-state index in [1.165, 1.54) is 18.9 Å². The Kier molecular flexibility index (Phi) is 6.48. The van der Waals surface area contributed by atoms with Gasteiger partial charge in [0.05, 0.1) is 12.4 Å². The van der Waals surface area contributed by atoms with Gasteiger partial charge in [-0.05, 0) is 18.2 Å². The molecule has 0 unspecified atom stereocenters. The van der Waals surface area contributed by atoms with Crippen molar-refractivity contribution in [2.45, 2.75) is 4.90 Å². The number of nitrogens with one attached hydrogen (secondary N) is 1. The highest BCUT2D eigenvalue weighted by atomic mass is 32.2. The van der Waals surface area contributed by atoms with Gasteiger partial charge < -0.3 is 10.5 Å². The van der Waals surface area contributed by atoms with E-state index < -0.39 is 10.0 Å². The molecular formula is C11H18N2O3S2. The van der Waals surface area contributed by atoms with Crippen molar-refractivity contribution in [3.63, 3.8) is 0 Å². The Labute approximate surface area is 112 Å². The minimum atomic E-state index is -3.22. The summed E-state index contributed by atoms with van der Waals surface area (Å²) >= 11 is 1.47. The van der Waals surface area contributed by atoms with Crippen molar-refractivity contribution in [2.75, 3.05) is 37.5 Å². The van der Waals surface area contributed by atoms with E-state index in [1.54, 1.807) is 6.07 Å². The van der Waals surface area contributed by atoms with E-state index in [9.17, 15) is 8.42 Å². The van der Waals surface area contributed by atoms with Crippen LogP contribution in [0.4, 0.5) is 5.69 Å². The van der Waals surface area contributed by atoms with Gasteiger partial charge >= 0.3 is 0 Å². The number of benzene rings is 1. The van der Waals surface area contributed by atoms with Crippen LogP contribution in [0.5, 0.6) is 0 Å². The van der Waals surface area contributed by atoms with Gasteiger partial charge in [0, 0.05) is 30.0 Å². The first-order valence-electron chi connectivity index (χ1n) is 5.48. The third kappa shape index (κ3) is 6.25. The molecule has 0 bridgehead atoms. The van der Waals surface area contributed by atoms with Gasteiger partial charge in [0.15, 0.2) is 0 Å². The highest BCUT2D eigenvalue weighted by molar-refractivity contribution is 8.00. The van der Waals surface area contributed by atoms with Crippen molar-refractivity contribution in [3.05, 3.63) is 24.3 Å². The number of ether oxygens (including phenoxy) is 1. The Morgan fingerprint density at radius 3 is 2.89 bits per heavy atom. The average molecular weight is 290 g/mol. The Hall–Kier alpha value is -0.760. The monoisotopic (exact) mass is 290 g/mol. The molecule has 0 fully saturated rings. The molecular weight excluding hydrogens is 272 g/mol. The van der Waals surface area contributed by atoms with Crippen LogP contribution < -0.4 is 10.5 Å². The molecule has 0 atom stereocenters. The number of hydrogen-bond donors (Lipinski definition) is 2. The van der Waals surface area contributed by atoms with Crippen LogP contribution in [0.2, 0.25) is 0 Å². The highest BCUT2D eigenvalue weighted by Crippen LogP contribution is 2.19. The molecule has 0 amide bonds. The number of nitrogens with two attached hydrogens (primary N) is 1. The molecule has 0 aliphatic carbocycles. The van der Waals surface area contributed by atoms with Crippen molar-refractivity contribution >= 4 is 27.5 Å². The number of sulfonamides is 1. The second kappa shape index (κ2) is 7.63. The molecule has 0 heterocycles. The Bertz CT molecular complexity index is 463. The van der Waals surface area contributed by atoms with Crippen LogP contribution in [-0.2, 0) is 14.8 Å². The van der Waals surface area contributed by atoms with Gasteiger partial charge in [-0.15, -0.1) is 11.8 Å². The molecule has 1 aromatic rings. The van der Waals surface area contributed by atoms with Crippen LogP contribution in [0.3, 0.4) is 0 Å². The van der Waals surface area contributed by atoms with Gasteiger partial charge in [-0.3, -0.25) is 0 Å². The first-order chi connectivity index (χ1) is 8.53. The molecule has 102 valence electrons. The van der Waals surface area contributed by atoms with Crippen LogP contribution in [-0.4, -0.2) is 40.2 Å². The topological polar surface area (TPSA) is 81.4 Å². The predicted molar refractivity (Wildman–Crippen MR) is 75.2 cm³/mol. The van der Waals surface area contributed by atoms with Gasteiger partial charge in [-0.1, -0.05) is 6.07 Å². The lowest BCUT2D eigenvalue weighted by Gasteiger charge is -2.06.